The highest BCUT2D eigenvalue weighted by Crippen LogP contribution is 2.06. The fourth-order valence-corrected chi connectivity index (χ4v) is 2.31. The van der Waals surface area contributed by atoms with E-state index in [0.29, 0.717) is 0 Å². The van der Waals surface area contributed by atoms with Crippen molar-refractivity contribution in [1.82, 2.24) is 4.90 Å². The Bertz CT molecular complexity index is 451. The summed E-state index contributed by atoms with van der Waals surface area (Å²) in [6.45, 7) is 5.42. The van der Waals surface area contributed by atoms with Crippen LogP contribution in [0.1, 0.15) is 19.4 Å². The normalized spacial score (nSPS) is 11.9. The maximum absolute atomic E-state index is 11.7. The lowest BCUT2D eigenvalue weighted by Gasteiger charge is -2.13. The average molecular weight is 254 g/mol. The second-order valence-corrected chi connectivity index (χ2v) is 5.32. The van der Waals surface area contributed by atoms with Crippen molar-refractivity contribution in [2.75, 3.05) is 13.1 Å². The summed E-state index contributed by atoms with van der Waals surface area (Å²) in [5.74, 6) is -0.0500. The summed E-state index contributed by atoms with van der Waals surface area (Å²) in [6.07, 6.45) is 1.40. The molecular weight excluding hydrogens is 236 g/mol. The van der Waals surface area contributed by atoms with Gasteiger partial charge in [0.25, 0.3) is 10.0 Å². The molecule has 0 amide bonds. The Morgan fingerprint density at radius 2 is 1.76 bits per heavy atom. The molecule has 0 saturated carbocycles. The minimum atomic E-state index is -3.42. The predicted octanol–water partition coefficient (Wildman–Crippen LogP) is 1.89. The smallest absolute Gasteiger partial charge is 0.258 e. The molecule has 17 heavy (non-hydrogen) atoms. The highest BCUT2D eigenvalue weighted by atomic mass is 32.2. The van der Waals surface area contributed by atoms with Gasteiger partial charge in [-0.3, -0.25) is 0 Å². The first-order valence-electron chi connectivity index (χ1n) is 5.63. The van der Waals surface area contributed by atoms with E-state index < -0.39 is 10.0 Å². The molecule has 0 aliphatic carbocycles. The molecule has 1 rings (SSSR count). The minimum Gasteiger partial charge on any atom is -0.362 e. The maximum Gasteiger partial charge on any atom is 0.258 e. The quantitative estimate of drug-likeness (QED) is 0.575. The standard InChI is InChI=1S/C12H18N2O2S/c1-3-14(4-2)11-13-17(15,16)10-12-8-6-5-7-9-12/h5-9,11H,3-4,10H2,1-2H3/b13-11+. The van der Waals surface area contributed by atoms with E-state index in [1.807, 2.05) is 36.9 Å². The van der Waals surface area contributed by atoms with E-state index in [2.05, 4.69) is 4.40 Å². The van der Waals surface area contributed by atoms with Crippen molar-refractivity contribution < 1.29 is 8.42 Å². The maximum atomic E-state index is 11.7. The molecule has 1 aromatic carbocycles. The molecule has 0 fully saturated rings. The van der Waals surface area contributed by atoms with E-state index in [1.165, 1.54) is 6.34 Å². The number of rotatable bonds is 6. The van der Waals surface area contributed by atoms with Crippen molar-refractivity contribution in [3.63, 3.8) is 0 Å². The average Bonchev–Trinajstić information content (AvgIpc) is 2.31. The fraction of sp³-hybridized carbons (Fsp3) is 0.417. The van der Waals surface area contributed by atoms with Crippen molar-refractivity contribution in [1.29, 1.82) is 0 Å². The number of sulfonamides is 1. The Balaban J connectivity index is 2.70. The molecule has 0 aliphatic rings. The fourth-order valence-electron chi connectivity index (χ4n) is 1.35. The number of nitrogens with zero attached hydrogens (tertiary/aromatic N) is 2. The highest BCUT2D eigenvalue weighted by Gasteiger charge is 2.08. The van der Waals surface area contributed by atoms with Gasteiger partial charge in [0, 0.05) is 13.1 Å². The van der Waals surface area contributed by atoms with Gasteiger partial charge in [-0.25, -0.2) is 8.42 Å². The number of hydrogen-bond acceptors (Lipinski definition) is 2. The molecule has 0 spiro atoms. The van der Waals surface area contributed by atoms with Crippen LogP contribution in [0.4, 0.5) is 0 Å². The zero-order valence-electron chi connectivity index (χ0n) is 10.2. The lowest BCUT2D eigenvalue weighted by Crippen LogP contribution is -2.21. The Hall–Kier alpha value is -1.36. The molecule has 0 radical (unpaired) electrons. The van der Waals surface area contributed by atoms with E-state index in [-0.39, 0.29) is 5.75 Å². The van der Waals surface area contributed by atoms with E-state index in [9.17, 15) is 8.42 Å². The molecule has 0 N–H and O–H groups in total. The summed E-state index contributed by atoms with van der Waals surface area (Å²) in [5, 5.41) is 0. The van der Waals surface area contributed by atoms with Crippen LogP contribution in [0.15, 0.2) is 34.7 Å². The highest BCUT2D eigenvalue weighted by molar-refractivity contribution is 7.89. The Labute approximate surface area is 103 Å². The first-order chi connectivity index (χ1) is 8.07. The van der Waals surface area contributed by atoms with Gasteiger partial charge in [-0.15, -0.1) is 0 Å². The summed E-state index contributed by atoms with van der Waals surface area (Å²) >= 11 is 0. The SMILES string of the molecule is CCN(/C=N/S(=O)(=O)Cc1ccccc1)CC. The van der Waals surface area contributed by atoms with Gasteiger partial charge in [0.1, 0.15) is 6.34 Å². The largest absolute Gasteiger partial charge is 0.362 e. The molecule has 0 aliphatic heterocycles. The van der Waals surface area contributed by atoms with Crippen LogP contribution in [0.5, 0.6) is 0 Å². The molecule has 94 valence electrons. The molecule has 0 atom stereocenters. The van der Waals surface area contributed by atoms with Gasteiger partial charge in [-0.05, 0) is 19.4 Å². The summed E-state index contributed by atoms with van der Waals surface area (Å²) in [7, 11) is -3.42. The molecule has 0 aromatic heterocycles. The van der Waals surface area contributed by atoms with Gasteiger partial charge in [0.2, 0.25) is 0 Å². The Kier molecular flexibility index (Phi) is 5.15. The second-order valence-electron chi connectivity index (χ2n) is 3.65. The summed E-state index contributed by atoms with van der Waals surface area (Å²) in [6, 6.07) is 9.06. The minimum absolute atomic E-state index is 0.0500. The topological polar surface area (TPSA) is 49.7 Å². The van der Waals surface area contributed by atoms with Gasteiger partial charge in [0.15, 0.2) is 0 Å². The van der Waals surface area contributed by atoms with E-state index in [4.69, 9.17) is 0 Å². The van der Waals surface area contributed by atoms with Gasteiger partial charge < -0.3 is 4.90 Å². The molecule has 4 nitrogen and oxygen atoms in total. The summed E-state index contributed by atoms with van der Waals surface area (Å²) < 4.78 is 27.1. The monoisotopic (exact) mass is 254 g/mol. The van der Waals surface area contributed by atoms with Gasteiger partial charge >= 0.3 is 0 Å². The van der Waals surface area contributed by atoms with Crippen LogP contribution < -0.4 is 0 Å². The van der Waals surface area contributed by atoms with Crippen molar-refractivity contribution in [2.24, 2.45) is 4.40 Å². The van der Waals surface area contributed by atoms with Crippen LogP contribution in [-0.4, -0.2) is 32.7 Å². The number of hydrogen-bond donors (Lipinski definition) is 0. The molecule has 0 saturated heterocycles. The van der Waals surface area contributed by atoms with Crippen LogP contribution in [0, 0.1) is 0 Å². The lowest BCUT2D eigenvalue weighted by molar-refractivity contribution is 0.480. The van der Waals surface area contributed by atoms with Crippen molar-refractivity contribution >= 4 is 16.4 Å². The second kappa shape index (κ2) is 6.39. The Morgan fingerprint density at radius 3 is 2.29 bits per heavy atom. The summed E-state index contributed by atoms with van der Waals surface area (Å²) in [5.41, 5.74) is 0.754. The van der Waals surface area contributed by atoms with E-state index >= 15 is 0 Å². The molecule has 1 aromatic rings. The van der Waals surface area contributed by atoms with Crippen LogP contribution in [0.25, 0.3) is 0 Å². The van der Waals surface area contributed by atoms with Gasteiger partial charge in [-0.2, -0.15) is 4.40 Å². The zero-order valence-corrected chi connectivity index (χ0v) is 11.0. The summed E-state index contributed by atoms with van der Waals surface area (Å²) in [4.78, 5) is 1.84. The lowest BCUT2D eigenvalue weighted by atomic mass is 10.2. The predicted molar refractivity (Wildman–Crippen MR) is 70.5 cm³/mol. The first-order valence-corrected chi connectivity index (χ1v) is 7.24. The Morgan fingerprint density at radius 1 is 1.18 bits per heavy atom. The third-order valence-electron chi connectivity index (χ3n) is 2.38. The van der Waals surface area contributed by atoms with Gasteiger partial charge in [0.05, 0.1) is 5.75 Å². The third kappa shape index (κ3) is 4.99. The molecule has 0 bridgehead atoms. The van der Waals surface area contributed by atoms with Crippen LogP contribution in [-0.2, 0) is 15.8 Å². The first kappa shape index (κ1) is 13.7. The van der Waals surface area contributed by atoms with Crippen molar-refractivity contribution in [3.8, 4) is 0 Å². The van der Waals surface area contributed by atoms with Crippen LogP contribution >= 0.6 is 0 Å². The molecule has 5 heteroatoms. The molecular formula is C12H18N2O2S. The van der Waals surface area contributed by atoms with Crippen molar-refractivity contribution in [3.05, 3.63) is 35.9 Å². The number of benzene rings is 1. The third-order valence-corrected chi connectivity index (χ3v) is 3.49. The molecule has 0 heterocycles. The van der Waals surface area contributed by atoms with E-state index in [0.717, 1.165) is 18.7 Å². The van der Waals surface area contributed by atoms with Crippen LogP contribution in [0.3, 0.4) is 0 Å². The van der Waals surface area contributed by atoms with E-state index in [1.54, 1.807) is 12.1 Å². The van der Waals surface area contributed by atoms with Crippen molar-refractivity contribution in [2.45, 2.75) is 19.6 Å². The van der Waals surface area contributed by atoms with Gasteiger partial charge in [-0.1, -0.05) is 30.3 Å². The van der Waals surface area contributed by atoms with Crippen LogP contribution in [0.2, 0.25) is 0 Å². The molecule has 0 unspecified atom stereocenters. The zero-order chi connectivity index (χ0) is 12.7.